The quantitative estimate of drug-likeness (QED) is 0.547. The number of urea groups is 1. The zero-order valence-electron chi connectivity index (χ0n) is 14.3. The van der Waals surface area contributed by atoms with Crippen molar-refractivity contribution in [3.05, 3.63) is 24.3 Å². The van der Waals surface area contributed by atoms with Gasteiger partial charge in [0.15, 0.2) is 10.6 Å². The molecule has 3 rings (SSSR count). The topological polar surface area (TPSA) is 94.6 Å². The van der Waals surface area contributed by atoms with Gasteiger partial charge in [0.1, 0.15) is 5.75 Å². The van der Waals surface area contributed by atoms with E-state index in [1.54, 1.807) is 43.1 Å². The van der Waals surface area contributed by atoms with Gasteiger partial charge in [-0.25, -0.2) is 4.79 Å². The maximum absolute atomic E-state index is 12.0. The van der Waals surface area contributed by atoms with E-state index in [0.717, 1.165) is 41.9 Å². The maximum atomic E-state index is 12.0. The van der Waals surface area contributed by atoms with Crippen LogP contribution in [0.1, 0.15) is 12.8 Å². The van der Waals surface area contributed by atoms with Gasteiger partial charge >= 0.3 is 6.03 Å². The highest BCUT2D eigenvalue weighted by molar-refractivity contribution is 8.01. The number of benzene rings is 1. The Morgan fingerprint density at radius 3 is 2.77 bits per heavy atom. The van der Waals surface area contributed by atoms with Gasteiger partial charge in [-0.05, 0) is 30.7 Å². The molecule has 26 heavy (non-hydrogen) atoms. The van der Waals surface area contributed by atoms with Crippen LogP contribution in [0.3, 0.4) is 0 Å². The monoisotopic (exact) mass is 396 g/mol. The molecule has 140 valence electrons. The fraction of sp³-hybridized carbons (Fsp3) is 0.438. The van der Waals surface area contributed by atoms with Crippen molar-refractivity contribution in [2.45, 2.75) is 23.5 Å². The molecule has 8 nitrogen and oxygen atoms in total. The van der Waals surface area contributed by atoms with Crippen LogP contribution in [0.4, 0.5) is 15.6 Å². The van der Waals surface area contributed by atoms with Crippen molar-refractivity contribution >= 4 is 39.9 Å². The molecular formula is C16H20N4O4S2. The van der Waals surface area contributed by atoms with Crippen LogP contribution in [0.25, 0.3) is 0 Å². The fourth-order valence-electron chi connectivity index (χ4n) is 2.20. The van der Waals surface area contributed by atoms with Gasteiger partial charge in [0, 0.05) is 17.9 Å². The summed E-state index contributed by atoms with van der Waals surface area (Å²) in [5.41, 5.74) is 0.662. The van der Waals surface area contributed by atoms with Crippen molar-refractivity contribution in [3.8, 4) is 5.75 Å². The number of thioether (sulfide) groups is 1. The largest absolute Gasteiger partial charge is 0.497 e. The van der Waals surface area contributed by atoms with Crippen LogP contribution in [0.2, 0.25) is 0 Å². The number of hydrogen-bond donors (Lipinski definition) is 2. The highest BCUT2D eigenvalue weighted by Crippen LogP contribution is 2.27. The molecule has 10 heteroatoms. The third-order valence-electron chi connectivity index (χ3n) is 3.45. The van der Waals surface area contributed by atoms with Crippen LogP contribution < -0.4 is 15.4 Å². The molecule has 0 aliphatic carbocycles. The Balaban J connectivity index is 1.41. The van der Waals surface area contributed by atoms with Gasteiger partial charge in [-0.2, -0.15) is 0 Å². The van der Waals surface area contributed by atoms with Crippen molar-refractivity contribution in [3.63, 3.8) is 0 Å². The minimum atomic E-state index is -0.369. The lowest BCUT2D eigenvalue weighted by molar-refractivity contribution is -0.178. The first-order valence-electron chi connectivity index (χ1n) is 8.14. The number of anilines is 2. The summed E-state index contributed by atoms with van der Waals surface area (Å²) in [6.45, 7) is 1.51. The highest BCUT2D eigenvalue weighted by atomic mass is 32.2. The van der Waals surface area contributed by atoms with Crippen LogP contribution in [-0.4, -0.2) is 48.6 Å². The van der Waals surface area contributed by atoms with Gasteiger partial charge in [0.25, 0.3) is 0 Å². The zero-order chi connectivity index (χ0) is 18.2. The third kappa shape index (κ3) is 5.84. The van der Waals surface area contributed by atoms with Crippen molar-refractivity contribution < 1.29 is 19.0 Å². The van der Waals surface area contributed by atoms with Gasteiger partial charge in [-0.15, -0.1) is 10.2 Å². The molecule has 0 saturated carbocycles. The highest BCUT2D eigenvalue weighted by Gasteiger charge is 2.15. The molecule has 1 aromatic heterocycles. The van der Waals surface area contributed by atoms with Gasteiger partial charge in [0.05, 0.1) is 20.3 Å². The van der Waals surface area contributed by atoms with E-state index in [1.807, 2.05) is 0 Å². The fourth-order valence-corrected chi connectivity index (χ4v) is 3.98. The number of carbonyl (C=O) groups excluding carboxylic acids is 1. The van der Waals surface area contributed by atoms with Crippen LogP contribution in [0.15, 0.2) is 28.6 Å². The molecule has 2 amide bonds. The van der Waals surface area contributed by atoms with E-state index in [2.05, 4.69) is 20.8 Å². The van der Waals surface area contributed by atoms with Crippen LogP contribution in [-0.2, 0) is 9.47 Å². The first-order chi connectivity index (χ1) is 12.7. The Bertz CT molecular complexity index is 705. The first kappa shape index (κ1) is 18.9. The lowest BCUT2D eigenvalue weighted by atomic mass is 10.3. The number of aromatic nitrogens is 2. The SMILES string of the molecule is COc1ccc(NC(=O)Nc2nnc(SCCC3OCCCO3)s2)cc1. The normalized spacial score (nSPS) is 14.8. The summed E-state index contributed by atoms with van der Waals surface area (Å²) >= 11 is 2.90. The molecule has 2 aromatic rings. The van der Waals surface area contributed by atoms with E-state index in [1.165, 1.54) is 11.3 Å². The summed E-state index contributed by atoms with van der Waals surface area (Å²) in [4.78, 5) is 12.0. The van der Waals surface area contributed by atoms with Gasteiger partial charge in [-0.1, -0.05) is 23.1 Å². The lowest BCUT2D eigenvalue weighted by Gasteiger charge is -2.22. The lowest BCUT2D eigenvalue weighted by Crippen LogP contribution is -2.25. The average molecular weight is 396 g/mol. The van der Waals surface area contributed by atoms with Crippen molar-refractivity contribution in [1.82, 2.24) is 10.2 Å². The molecule has 1 aromatic carbocycles. The maximum Gasteiger partial charge on any atom is 0.325 e. The number of hydrogen-bond acceptors (Lipinski definition) is 8. The Hall–Kier alpha value is -1.88. The van der Waals surface area contributed by atoms with E-state index in [-0.39, 0.29) is 12.3 Å². The van der Waals surface area contributed by atoms with Crippen LogP contribution in [0.5, 0.6) is 5.75 Å². The van der Waals surface area contributed by atoms with Crippen molar-refractivity contribution in [2.24, 2.45) is 0 Å². The number of ether oxygens (including phenoxy) is 3. The zero-order valence-corrected chi connectivity index (χ0v) is 15.9. The molecule has 2 N–H and O–H groups in total. The van der Waals surface area contributed by atoms with E-state index in [4.69, 9.17) is 14.2 Å². The molecule has 2 heterocycles. The van der Waals surface area contributed by atoms with Crippen molar-refractivity contribution in [2.75, 3.05) is 36.7 Å². The number of amides is 2. The summed E-state index contributed by atoms with van der Waals surface area (Å²) in [7, 11) is 1.59. The van der Waals surface area contributed by atoms with E-state index in [0.29, 0.717) is 10.8 Å². The van der Waals surface area contributed by atoms with E-state index < -0.39 is 0 Å². The number of methoxy groups -OCH3 is 1. The molecule has 0 bridgehead atoms. The van der Waals surface area contributed by atoms with Gasteiger partial charge < -0.3 is 19.5 Å². The second-order valence-electron chi connectivity index (χ2n) is 5.34. The number of nitrogens with zero attached hydrogens (tertiary/aromatic N) is 2. The average Bonchev–Trinajstić information content (AvgIpc) is 3.10. The minimum Gasteiger partial charge on any atom is -0.497 e. The second kappa shape index (κ2) is 9.72. The Morgan fingerprint density at radius 2 is 2.04 bits per heavy atom. The summed E-state index contributed by atoms with van der Waals surface area (Å²) < 4.78 is 16.9. The molecule has 0 unspecified atom stereocenters. The molecule has 0 radical (unpaired) electrons. The Kier molecular flexibility index (Phi) is 7.06. The van der Waals surface area contributed by atoms with Crippen LogP contribution in [0, 0.1) is 0 Å². The summed E-state index contributed by atoms with van der Waals surface area (Å²) in [6.07, 6.45) is 1.62. The molecular weight excluding hydrogens is 376 g/mol. The molecule has 1 saturated heterocycles. The summed E-state index contributed by atoms with van der Waals surface area (Å²) in [5.74, 6) is 1.54. The van der Waals surface area contributed by atoms with E-state index in [9.17, 15) is 4.79 Å². The second-order valence-corrected chi connectivity index (χ2v) is 7.66. The summed E-state index contributed by atoms with van der Waals surface area (Å²) in [6, 6.07) is 6.70. The van der Waals surface area contributed by atoms with E-state index >= 15 is 0 Å². The van der Waals surface area contributed by atoms with Crippen LogP contribution >= 0.6 is 23.1 Å². The standard InChI is InChI=1S/C16H20N4O4S2/c1-22-12-5-3-11(4-6-12)17-14(21)18-15-19-20-16(26-15)25-10-7-13-23-8-2-9-24-13/h3-6,13H,2,7-10H2,1H3,(H2,17,18,19,21). The van der Waals surface area contributed by atoms with Gasteiger partial charge in [-0.3, -0.25) is 5.32 Å². The predicted octanol–water partition coefficient (Wildman–Crippen LogP) is 3.44. The first-order valence-corrected chi connectivity index (χ1v) is 9.95. The molecule has 1 aliphatic rings. The Morgan fingerprint density at radius 1 is 1.27 bits per heavy atom. The number of nitrogens with one attached hydrogen (secondary N) is 2. The molecule has 1 fully saturated rings. The van der Waals surface area contributed by atoms with Crippen molar-refractivity contribution in [1.29, 1.82) is 0 Å². The third-order valence-corrected chi connectivity index (χ3v) is 5.46. The molecule has 0 atom stereocenters. The predicted molar refractivity (Wildman–Crippen MR) is 101 cm³/mol. The Labute approximate surface area is 159 Å². The van der Waals surface area contributed by atoms with Gasteiger partial charge in [0.2, 0.25) is 5.13 Å². The molecule has 1 aliphatic heterocycles. The molecule has 0 spiro atoms. The smallest absolute Gasteiger partial charge is 0.325 e. The summed E-state index contributed by atoms with van der Waals surface area (Å²) in [5, 5.41) is 13.9. The number of rotatable bonds is 7. The minimum absolute atomic E-state index is 0.128. The number of carbonyl (C=O) groups is 1.